The van der Waals surface area contributed by atoms with Crippen LogP contribution in [0.15, 0.2) is 30.6 Å². The zero-order valence-corrected chi connectivity index (χ0v) is 8.32. The number of aromatic hydroxyl groups is 1. The molecule has 0 spiro atoms. The fourth-order valence-electron chi connectivity index (χ4n) is 1.13. The van der Waals surface area contributed by atoms with Gasteiger partial charge in [0.15, 0.2) is 0 Å². The lowest BCUT2D eigenvalue weighted by Gasteiger charge is -2.01. The quantitative estimate of drug-likeness (QED) is 0.747. The number of hydrogen-bond acceptors (Lipinski definition) is 2. The van der Waals surface area contributed by atoms with Gasteiger partial charge in [0, 0.05) is 23.2 Å². The fourth-order valence-corrected chi connectivity index (χ4v) is 1.60. The van der Waals surface area contributed by atoms with Gasteiger partial charge in [-0.25, -0.2) is 0 Å². The van der Waals surface area contributed by atoms with Gasteiger partial charge < -0.3 is 5.11 Å². The average Bonchev–Trinajstić information content (AvgIpc) is 2.12. The minimum absolute atomic E-state index is 0.343. The molecule has 1 heterocycles. The number of halogens is 1. The number of phenolic OH excluding ortho intramolecular Hbond substituents is 1. The van der Waals surface area contributed by atoms with Crippen molar-refractivity contribution in [2.45, 2.75) is 0 Å². The molecule has 0 atom stereocenters. The minimum Gasteiger partial charge on any atom is -0.506 e. The topological polar surface area (TPSA) is 33.1 Å². The number of hydrogen-bond donors (Lipinski definition) is 1. The Morgan fingerprint density at radius 1 is 1.25 bits per heavy atom. The van der Waals surface area contributed by atoms with Crippen molar-refractivity contribution in [3.63, 3.8) is 0 Å². The van der Waals surface area contributed by atoms with Gasteiger partial charge in [-0.3, -0.25) is 4.98 Å². The molecule has 60 valence electrons. The molecule has 2 aromatic rings. The third-order valence-electron chi connectivity index (χ3n) is 1.74. The van der Waals surface area contributed by atoms with Gasteiger partial charge in [-0.05, 0) is 34.7 Å². The van der Waals surface area contributed by atoms with Crippen LogP contribution in [0, 0.1) is 3.57 Å². The molecule has 0 unspecified atom stereocenters. The normalized spacial score (nSPS) is 10.4. The highest BCUT2D eigenvalue weighted by atomic mass is 127. The maximum Gasteiger partial charge on any atom is 0.136 e. The summed E-state index contributed by atoms with van der Waals surface area (Å²) < 4.78 is 0.867. The Morgan fingerprint density at radius 2 is 2.08 bits per heavy atom. The van der Waals surface area contributed by atoms with E-state index in [9.17, 15) is 5.11 Å². The maximum absolute atomic E-state index is 9.62. The Morgan fingerprint density at radius 3 is 2.92 bits per heavy atom. The van der Waals surface area contributed by atoms with Gasteiger partial charge in [0.2, 0.25) is 0 Å². The van der Waals surface area contributed by atoms with E-state index in [0.717, 1.165) is 14.3 Å². The second-order valence-corrected chi connectivity index (χ2v) is 3.65. The zero-order valence-electron chi connectivity index (χ0n) is 6.16. The maximum atomic E-state index is 9.62. The fraction of sp³-hybridized carbons (Fsp3) is 0. The number of benzene rings is 1. The molecule has 1 aromatic heterocycles. The molecule has 0 aliphatic carbocycles. The van der Waals surface area contributed by atoms with E-state index in [0.29, 0.717) is 5.75 Å². The number of pyridine rings is 1. The number of phenols is 1. The molecule has 0 saturated carbocycles. The number of aromatic nitrogens is 1. The van der Waals surface area contributed by atoms with Crippen molar-refractivity contribution in [3.05, 3.63) is 34.2 Å². The zero-order chi connectivity index (χ0) is 8.55. The summed E-state index contributed by atoms with van der Waals surface area (Å²) in [4.78, 5) is 3.97. The van der Waals surface area contributed by atoms with Gasteiger partial charge in [-0.2, -0.15) is 0 Å². The van der Waals surface area contributed by atoms with E-state index in [-0.39, 0.29) is 0 Å². The van der Waals surface area contributed by atoms with Crippen molar-refractivity contribution in [3.8, 4) is 5.75 Å². The molecule has 0 bridgehead atoms. The van der Waals surface area contributed by atoms with E-state index in [2.05, 4.69) is 27.6 Å². The molecular formula is C9H6INO. The van der Waals surface area contributed by atoms with Crippen molar-refractivity contribution < 1.29 is 5.11 Å². The summed E-state index contributed by atoms with van der Waals surface area (Å²) in [7, 11) is 0. The van der Waals surface area contributed by atoms with E-state index < -0.39 is 0 Å². The number of rotatable bonds is 0. The lowest BCUT2D eigenvalue weighted by atomic mass is 10.2. The standard InChI is InChI=1S/C9H6INO/c10-8-2-1-6-5-11-4-3-7(6)9(8)12/h1-5,12H. The molecule has 0 aliphatic heterocycles. The second-order valence-electron chi connectivity index (χ2n) is 2.49. The van der Waals surface area contributed by atoms with Crippen LogP contribution < -0.4 is 0 Å². The van der Waals surface area contributed by atoms with Crippen LogP contribution >= 0.6 is 22.6 Å². The van der Waals surface area contributed by atoms with Crippen LogP contribution in [0.25, 0.3) is 10.8 Å². The molecule has 2 rings (SSSR count). The van der Waals surface area contributed by atoms with E-state index >= 15 is 0 Å². The third-order valence-corrected chi connectivity index (χ3v) is 2.61. The molecule has 12 heavy (non-hydrogen) atoms. The Balaban J connectivity index is 2.91. The van der Waals surface area contributed by atoms with E-state index in [1.807, 2.05) is 18.2 Å². The monoisotopic (exact) mass is 271 g/mol. The SMILES string of the molecule is Oc1c(I)ccc2cnccc12. The highest BCUT2D eigenvalue weighted by Gasteiger charge is 2.01. The second kappa shape index (κ2) is 2.90. The predicted molar refractivity (Wildman–Crippen MR) is 56.1 cm³/mol. The Hall–Kier alpha value is -0.840. The van der Waals surface area contributed by atoms with E-state index in [1.165, 1.54) is 0 Å². The van der Waals surface area contributed by atoms with Crippen LogP contribution in [0.3, 0.4) is 0 Å². The lowest BCUT2D eigenvalue weighted by molar-refractivity contribution is 0.478. The van der Waals surface area contributed by atoms with Crippen molar-refractivity contribution >= 4 is 33.4 Å². The largest absolute Gasteiger partial charge is 0.506 e. The molecule has 0 aliphatic rings. The molecule has 1 aromatic carbocycles. The van der Waals surface area contributed by atoms with Crippen LogP contribution in [0.4, 0.5) is 0 Å². The van der Waals surface area contributed by atoms with Gasteiger partial charge in [0.25, 0.3) is 0 Å². The van der Waals surface area contributed by atoms with Gasteiger partial charge in [0.1, 0.15) is 5.75 Å². The third kappa shape index (κ3) is 1.14. The van der Waals surface area contributed by atoms with Crippen molar-refractivity contribution in [1.29, 1.82) is 0 Å². The molecule has 0 radical (unpaired) electrons. The Bertz CT molecular complexity index is 428. The summed E-state index contributed by atoms with van der Waals surface area (Å²) in [6, 6.07) is 5.64. The minimum atomic E-state index is 0.343. The summed E-state index contributed by atoms with van der Waals surface area (Å²) >= 11 is 2.10. The molecule has 3 heteroatoms. The summed E-state index contributed by atoms with van der Waals surface area (Å²) in [5, 5.41) is 11.4. The first-order valence-corrected chi connectivity index (χ1v) is 4.58. The van der Waals surface area contributed by atoms with Crippen molar-refractivity contribution in [2.24, 2.45) is 0 Å². The first-order chi connectivity index (χ1) is 5.79. The van der Waals surface area contributed by atoms with Crippen molar-refractivity contribution in [1.82, 2.24) is 4.98 Å². The highest BCUT2D eigenvalue weighted by molar-refractivity contribution is 14.1. The summed E-state index contributed by atoms with van der Waals surface area (Å²) in [5.41, 5.74) is 0. The molecular weight excluding hydrogens is 265 g/mol. The molecule has 2 nitrogen and oxygen atoms in total. The molecule has 0 amide bonds. The Kier molecular flexibility index (Phi) is 1.88. The van der Waals surface area contributed by atoms with E-state index in [4.69, 9.17) is 0 Å². The smallest absolute Gasteiger partial charge is 0.136 e. The van der Waals surface area contributed by atoms with Crippen LogP contribution in [-0.4, -0.2) is 10.1 Å². The molecule has 0 saturated heterocycles. The summed E-state index contributed by atoms with van der Waals surface area (Å²) in [6.07, 6.45) is 3.42. The first kappa shape index (κ1) is 7.79. The van der Waals surface area contributed by atoms with Crippen molar-refractivity contribution in [2.75, 3.05) is 0 Å². The molecule has 1 N–H and O–H groups in total. The number of nitrogens with zero attached hydrogens (tertiary/aromatic N) is 1. The van der Waals surface area contributed by atoms with Gasteiger partial charge in [0.05, 0.1) is 3.57 Å². The number of fused-ring (bicyclic) bond motifs is 1. The van der Waals surface area contributed by atoms with Crippen LogP contribution in [-0.2, 0) is 0 Å². The van der Waals surface area contributed by atoms with Crippen LogP contribution in [0.1, 0.15) is 0 Å². The Labute approximate surface area is 83.4 Å². The summed E-state index contributed by atoms with van der Waals surface area (Å²) in [5.74, 6) is 0.343. The highest BCUT2D eigenvalue weighted by Crippen LogP contribution is 2.28. The van der Waals surface area contributed by atoms with Gasteiger partial charge in [-0.15, -0.1) is 0 Å². The summed E-state index contributed by atoms with van der Waals surface area (Å²) in [6.45, 7) is 0. The van der Waals surface area contributed by atoms with Crippen LogP contribution in [0.2, 0.25) is 0 Å². The van der Waals surface area contributed by atoms with Gasteiger partial charge in [-0.1, -0.05) is 6.07 Å². The van der Waals surface area contributed by atoms with Gasteiger partial charge >= 0.3 is 0 Å². The van der Waals surface area contributed by atoms with Crippen LogP contribution in [0.5, 0.6) is 5.75 Å². The lowest BCUT2D eigenvalue weighted by Crippen LogP contribution is -1.78. The average molecular weight is 271 g/mol. The molecule has 0 fully saturated rings. The predicted octanol–water partition coefficient (Wildman–Crippen LogP) is 2.54. The van der Waals surface area contributed by atoms with E-state index in [1.54, 1.807) is 12.4 Å². The first-order valence-electron chi connectivity index (χ1n) is 3.50.